The Labute approximate surface area is 86.3 Å². The van der Waals surface area contributed by atoms with Gasteiger partial charge in [-0.25, -0.2) is 0 Å². The lowest BCUT2D eigenvalue weighted by atomic mass is 10.1. The van der Waals surface area contributed by atoms with Gasteiger partial charge in [0.05, 0.1) is 12.1 Å². The van der Waals surface area contributed by atoms with E-state index in [1.54, 1.807) is 12.3 Å². The van der Waals surface area contributed by atoms with Crippen LogP contribution in [0.5, 0.6) is 0 Å². The highest BCUT2D eigenvalue weighted by Crippen LogP contribution is 2.29. The SMILES string of the molecule is CC(=O)OCc1ccn2c1C(O)CC2=O. The normalized spacial score (nSPS) is 19.1. The average Bonchev–Trinajstić information content (AvgIpc) is 2.67. The quantitative estimate of drug-likeness (QED) is 0.725. The van der Waals surface area contributed by atoms with Crippen LogP contribution in [0, 0.1) is 0 Å². The van der Waals surface area contributed by atoms with Crippen molar-refractivity contribution in [3.63, 3.8) is 0 Å². The minimum atomic E-state index is -0.780. The van der Waals surface area contributed by atoms with Gasteiger partial charge in [0.15, 0.2) is 0 Å². The lowest BCUT2D eigenvalue weighted by Gasteiger charge is -2.05. The largest absolute Gasteiger partial charge is 0.461 e. The minimum Gasteiger partial charge on any atom is -0.461 e. The van der Waals surface area contributed by atoms with E-state index in [4.69, 9.17) is 4.74 Å². The Hall–Kier alpha value is -1.62. The summed E-state index contributed by atoms with van der Waals surface area (Å²) >= 11 is 0. The number of esters is 1. The van der Waals surface area contributed by atoms with Gasteiger partial charge in [-0.05, 0) is 6.07 Å². The lowest BCUT2D eigenvalue weighted by molar-refractivity contribution is -0.142. The molecule has 5 nitrogen and oxygen atoms in total. The maximum atomic E-state index is 11.3. The molecule has 0 amide bonds. The van der Waals surface area contributed by atoms with E-state index in [0.29, 0.717) is 11.3 Å². The van der Waals surface area contributed by atoms with Gasteiger partial charge < -0.3 is 9.84 Å². The fourth-order valence-corrected chi connectivity index (χ4v) is 1.74. The zero-order valence-corrected chi connectivity index (χ0v) is 8.27. The summed E-state index contributed by atoms with van der Waals surface area (Å²) in [6.45, 7) is 1.42. The van der Waals surface area contributed by atoms with Gasteiger partial charge in [0.2, 0.25) is 5.91 Å². The first-order valence-corrected chi connectivity index (χ1v) is 4.64. The maximum Gasteiger partial charge on any atom is 0.302 e. The number of aromatic nitrogens is 1. The highest BCUT2D eigenvalue weighted by atomic mass is 16.5. The van der Waals surface area contributed by atoms with Crippen LogP contribution in [0.2, 0.25) is 0 Å². The second-order valence-electron chi connectivity index (χ2n) is 3.49. The summed E-state index contributed by atoms with van der Waals surface area (Å²) in [7, 11) is 0. The van der Waals surface area contributed by atoms with E-state index < -0.39 is 6.10 Å². The van der Waals surface area contributed by atoms with Gasteiger partial charge in [0, 0.05) is 18.7 Å². The molecule has 2 rings (SSSR count). The first kappa shape index (κ1) is 9.92. The molecule has 1 N–H and O–H groups in total. The number of nitrogens with zero attached hydrogens (tertiary/aromatic N) is 1. The van der Waals surface area contributed by atoms with Crippen molar-refractivity contribution in [2.24, 2.45) is 0 Å². The molecule has 0 spiro atoms. The summed E-state index contributed by atoms with van der Waals surface area (Å²) in [4.78, 5) is 21.9. The monoisotopic (exact) mass is 209 g/mol. The molecule has 0 radical (unpaired) electrons. The number of carbonyl (C=O) groups excluding carboxylic acids is 2. The van der Waals surface area contributed by atoms with Crippen molar-refractivity contribution in [3.05, 3.63) is 23.5 Å². The molecule has 1 aliphatic rings. The van der Waals surface area contributed by atoms with Crippen LogP contribution in [0.1, 0.15) is 35.5 Å². The van der Waals surface area contributed by atoms with Crippen LogP contribution in [0.15, 0.2) is 12.3 Å². The molecule has 0 saturated heterocycles. The highest BCUT2D eigenvalue weighted by Gasteiger charge is 2.30. The van der Waals surface area contributed by atoms with Crippen molar-refractivity contribution in [1.29, 1.82) is 0 Å². The van der Waals surface area contributed by atoms with Crippen LogP contribution in [0.3, 0.4) is 0 Å². The summed E-state index contributed by atoms with van der Waals surface area (Å²) in [6.07, 6.45) is 0.911. The number of rotatable bonds is 2. The average molecular weight is 209 g/mol. The number of hydrogen-bond acceptors (Lipinski definition) is 4. The second-order valence-corrected chi connectivity index (χ2v) is 3.49. The summed E-state index contributed by atoms with van der Waals surface area (Å²) in [6, 6.07) is 1.68. The number of hydrogen-bond donors (Lipinski definition) is 1. The zero-order chi connectivity index (χ0) is 11.0. The predicted molar refractivity (Wildman–Crippen MR) is 50.1 cm³/mol. The summed E-state index contributed by atoms with van der Waals surface area (Å²) in [5, 5.41) is 9.60. The van der Waals surface area contributed by atoms with Crippen molar-refractivity contribution in [3.8, 4) is 0 Å². The van der Waals surface area contributed by atoms with Crippen LogP contribution in [0.4, 0.5) is 0 Å². The lowest BCUT2D eigenvalue weighted by Crippen LogP contribution is -2.03. The Morgan fingerprint density at radius 2 is 2.47 bits per heavy atom. The first-order chi connectivity index (χ1) is 7.09. The van der Waals surface area contributed by atoms with Gasteiger partial charge >= 0.3 is 5.97 Å². The number of aliphatic hydroxyl groups is 1. The van der Waals surface area contributed by atoms with Crippen molar-refractivity contribution in [2.75, 3.05) is 0 Å². The van der Waals surface area contributed by atoms with E-state index in [2.05, 4.69) is 0 Å². The Bertz CT molecular complexity index is 421. The Morgan fingerprint density at radius 1 is 1.73 bits per heavy atom. The Kier molecular flexibility index (Phi) is 2.32. The molecule has 1 aromatic rings. The van der Waals surface area contributed by atoms with Crippen LogP contribution in [0.25, 0.3) is 0 Å². The zero-order valence-electron chi connectivity index (χ0n) is 8.27. The molecule has 1 unspecified atom stereocenters. The first-order valence-electron chi connectivity index (χ1n) is 4.64. The van der Waals surface area contributed by atoms with E-state index in [1.165, 1.54) is 11.5 Å². The highest BCUT2D eigenvalue weighted by molar-refractivity contribution is 5.84. The van der Waals surface area contributed by atoms with E-state index in [9.17, 15) is 14.7 Å². The van der Waals surface area contributed by atoms with Gasteiger partial charge in [-0.3, -0.25) is 14.2 Å². The van der Waals surface area contributed by atoms with Crippen LogP contribution < -0.4 is 0 Å². The molecule has 1 atom stereocenters. The molecule has 15 heavy (non-hydrogen) atoms. The summed E-state index contributed by atoms with van der Waals surface area (Å²) < 4.78 is 6.23. The van der Waals surface area contributed by atoms with Crippen LogP contribution >= 0.6 is 0 Å². The van der Waals surface area contributed by atoms with Crippen molar-refractivity contribution >= 4 is 11.9 Å². The Morgan fingerprint density at radius 3 is 3.13 bits per heavy atom. The van der Waals surface area contributed by atoms with E-state index >= 15 is 0 Å². The van der Waals surface area contributed by atoms with Gasteiger partial charge in [-0.1, -0.05) is 0 Å². The smallest absolute Gasteiger partial charge is 0.302 e. The predicted octanol–water partition coefficient (Wildman–Crippen LogP) is 0.629. The molecule has 1 aliphatic heterocycles. The van der Waals surface area contributed by atoms with E-state index in [-0.39, 0.29) is 24.9 Å². The molecule has 1 aromatic heterocycles. The number of ether oxygens (including phenoxy) is 1. The summed E-state index contributed by atoms with van der Waals surface area (Å²) in [5.74, 6) is -0.514. The molecule has 2 heterocycles. The molecule has 80 valence electrons. The fourth-order valence-electron chi connectivity index (χ4n) is 1.74. The molecular formula is C10H11NO4. The van der Waals surface area contributed by atoms with Crippen molar-refractivity contribution in [2.45, 2.75) is 26.1 Å². The number of aliphatic hydroxyl groups excluding tert-OH is 1. The van der Waals surface area contributed by atoms with Crippen molar-refractivity contribution in [1.82, 2.24) is 4.57 Å². The topological polar surface area (TPSA) is 68.5 Å². The molecule has 0 bridgehead atoms. The second kappa shape index (κ2) is 3.51. The molecule has 0 aliphatic carbocycles. The summed E-state index contributed by atoms with van der Waals surface area (Å²) in [5.41, 5.74) is 1.23. The van der Waals surface area contributed by atoms with Gasteiger partial charge in [-0.15, -0.1) is 0 Å². The van der Waals surface area contributed by atoms with Gasteiger partial charge in [-0.2, -0.15) is 0 Å². The molecule has 5 heteroatoms. The third-order valence-corrected chi connectivity index (χ3v) is 2.40. The molecule has 0 fully saturated rings. The molecular weight excluding hydrogens is 198 g/mol. The molecule has 0 saturated carbocycles. The third-order valence-electron chi connectivity index (χ3n) is 2.40. The van der Waals surface area contributed by atoms with Gasteiger partial charge in [0.1, 0.15) is 12.7 Å². The van der Waals surface area contributed by atoms with Crippen LogP contribution in [-0.2, 0) is 16.1 Å². The number of carbonyl (C=O) groups is 2. The molecule has 0 aromatic carbocycles. The fraction of sp³-hybridized carbons (Fsp3) is 0.400. The van der Waals surface area contributed by atoms with Gasteiger partial charge in [0.25, 0.3) is 0 Å². The van der Waals surface area contributed by atoms with E-state index in [0.717, 1.165) is 0 Å². The third kappa shape index (κ3) is 1.66. The standard InChI is InChI=1S/C10H11NO4/c1-6(12)15-5-7-2-3-11-9(14)4-8(13)10(7)11/h2-3,8,13H,4-5H2,1H3. The Balaban J connectivity index is 2.24. The number of fused-ring (bicyclic) bond motifs is 1. The van der Waals surface area contributed by atoms with E-state index in [1.807, 2.05) is 0 Å². The maximum absolute atomic E-state index is 11.3. The van der Waals surface area contributed by atoms with Crippen LogP contribution in [-0.4, -0.2) is 21.6 Å². The minimum absolute atomic E-state index is 0.0992. The van der Waals surface area contributed by atoms with Crippen molar-refractivity contribution < 1.29 is 19.4 Å².